The Labute approximate surface area is 205 Å². The van der Waals surface area contributed by atoms with Crippen LogP contribution in [0.5, 0.6) is 5.75 Å². The van der Waals surface area contributed by atoms with E-state index in [4.69, 9.17) is 9.26 Å². The quantitative estimate of drug-likeness (QED) is 0.328. The van der Waals surface area contributed by atoms with Gasteiger partial charge in [0, 0.05) is 30.8 Å². The van der Waals surface area contributed by atoms with Crippen molar-refractivity contribution >= 4 is 11.8 Å². The maximum absolute atomic E-state index is 13.8. The number of amides is 1. The number of carbonyl (C=O) groups is 1. The van der Waals surface area contributed by atoms with Crippen LogP contribution < -0.4 is 9.64 Å². The van der Waals surface area contributed by atoms with Crippen molar-refractivity contribution in [3.63, 3.8) is 0 Å². The lowest BCUT2D eigenvalue weighted by Gasteiger charge is -2.25. The zero-order chi connectivity index (χ0) is 24.0. The van der Waals surface area contributed by atoms with Gasteiger partial charge in [-0.05, 0) is 36.6 Å². The fourth-order valence-electron chi connectivity index (χ4n) is 4.57. The predicted molar refractivity (Wildman–Crippen MR) is 136 cm³/mol. The molecule has 0 unspecified atom stereocenters. The van der Waals surface area contributed by atoms with Crippen LogP contribution >= 0.6 is 0 Å². The van der Waals surface area contributed by atoms with Crippen molar-refractivity contribution in [1.82, 2.24) is 10.1 Å². The molecular weight excluding hydrogens is 438 g/mol. The molecule has 1 aliphatic heterocycles. The lowest BCUT2D eigenvalue weighted by molar-refractivity contribution is 0.0730. The first kappa shape index (κ1) is 22.7. The highest BCUT2D eigenvalue weighted by atomic mass is 16.5. The third-order valence-corrected chi connectivity index (χ3v) is 6.38. The maximum Gasteiger partial charge on any atom is 0.254 e. The Morgan fingerprint density at radius 3 is 2.37 bits per heavy atom. The number of rotatable bonds is 8. The Bertz CT molecular complexity index is 1260. The minimum absolute atomic E-state index is 0.0691. The van der Waals surface area contributed by atoms with Gasteiger partial charge in [0.1, 0.15) is 11.4 Å². The summed E-state index contributed by atoms with van der Waals surface area (Å²) in [5.41, 5.74) is 4.34. The van der Waals surface area contributed by atoms with Gasteiger partial charge in [-0.3, -0.25) is 4.79 Å². The molecule has 0 bridgehead atoms. The standard InChI is InChI=1S/C29H29N3O3/c1-34-25-16-10-15-24(19-25)28(33)32(20-22-11-4-2-5-12-22)21-26-27(23-13-6-3-7-14-23)30-35-29(26)31-17-8-9-18-31/h2-7,10-16,19H,8-9,17-18,20-21H2,1H3. The Morgan fingerprint density at radius 1 is 0.943 bits per heavy atom. The summed E-state index contributed by atoms with van der Waals surface area (Å²) in [6.07, 6.45) is 2.24. The molecule has 1 amide bonds. The van der Waals surface area contributed by atoms with E-state index >= 15 is 0 Å². The van der Waals surface area contributed by atoms with E-state index in [0.717, 1.165) is 54.2 Å². The summed E-state index contributed by atoms with van der Waals surface area (Å²) in [7, 11) is 1.61. The van der Waals surface area contributed by atoms with Crippen LogP contribution in [0.3, 0.4) is 0 Å². The first-order valence-electron chi connectivity index (χ1n) is 12.0. The second-order valence-electron chi connectivity index (χ2n) is 8.75. The molecule has 3 aromatic carbocycles. The zero-order valence-electron chi connectivity index (χ0n) is 19.9. The number of anilines is 1. The Hall–Kier alpha value is -4.06. The Balaban J connectivity index is 1.55. The smallest absolute Gasteiger partial charge is 0.254 e. The molecule has 1 aliphatic rings. The van der Waals surface area contributed by atoms with Gasteiger partial charge in [0.05, 0.1) is 19.2 Å². The number of benzene rings is 3. The average molecular weight is 468 g/mol. The van der Waals surface area contributed by atoms with Crippen LogP contribution in [0, 0.1) is 0 Å². The summed E-state index contributed by atoms with van der Waals surface area (Å²) in [6, 6.07) is 27.4. The van der Waals surface area contributed by atoms with Gasteiger partial charge in [0.25, 0.3) is 5.91 Å². The number of hydrogen-bond acceptors (Lipinski definition) is 5. The van der Waals surface area contributed by atoms with E-state index in [-0.39, 0.29) is 5.91 Å². The van der Waals surface area contributed by atoms with E-state index in [0.29, 0.717) is 24.4 Å². The molecule has 0 radical (unpaired) electrons. The predicted octanol–water partition coefficient (Wildman–Crippen LogP) is 5.79. The summed E-state index contributed by atoms with van der Waals surface area (Å²) >= 11 is 0. The third kappa shape index (κ3) is 5.06. The fourth-order valence-corrected chi connectivity index (χ4v) is 4.57. The van der Waals surface area contributed by atoms with E-state index in [1.165, 1.54) is 0 Å². The highest BCUT2D eigenvalue weighted by Crippen LogP contribution is 2.34. The molecular formula is C29H29N3O3. The lowest BCUT2D eigenvalue weighted by atomic mass is 10.1. The normalized spacial score (nSPS) is 13.1. The van der Waals surface area contributed by atoms with Crippen molar-refractivity contribution in [2.45, 2.75) is 25.9 Å². The largest absolute Gasteiger partial charge is 0.497 e. The Morgan fingerprint density at radius 2 is 1.66 bits per heavy atom. The van der Waals surface area contributed by atoms with Gasteiger partial charge in [-0.1, -0.05) is 71.9 Å². The lowest BCUT2D eigenvalue weighted by Crippen LogP contribution is -2.31. The molecule has 2 heterocycles. The van der Waals surface area contributed by atoms with Gasteiger partial charge in [0.15, 0.2) is 0 Å². The van der Waals surface area contributed by atoms with Crippen LogP contribution in [0.15, 0.2) is 89.5 Å². The summed E-state index contributed by atoms with van der Waals surface area (Å²) in [5, 5.41) is 4.48. The molecule has 1 saturated heterocycles. The van der Waals surface area contributed by atoms with Gasteiger partial charge in [-0.2, -0.15) is 0 Å². The van der Waals surface area contributed by atoms with E-state index in [1.807, 2.05) is 83.8 Å². The maximum atomic E-state index is 13.8. The molecule has 4 aromatic rings. The molecule has 0 aliphatic carbocycles. The minimum Gasteiger partial charge on any atom is -0.497 e. The van der Waals surface area contributed by atoms with Crippen LogP contribution in [-0.4, -0.2) is 36.2 Å². The molecule has 1 aromatic heterocycles. The molecule has 178 valence electrons. The number of ether oxygens (including phenoxy) is 1. The molecule has 6 heteroatoms. The van der Waals surface area contributed by atoms with E-state index < -0.39 is 0 Å². The number of nitrogens with zero attached hydrogens (tertiary/aromatic N) is 3. The van der Waals surface area contributed by atoms with Crippen molar-refractivity contribution in [3.8, 4) is 17.0 Å². The third-order valence-electron chi connectivity index (χ3n) is 6.38. The SMILES string of the molecule is COc1cccc(C(=O)N(Cc2ccccc2)Cc2c(-c3ccccc3)noc2N2CCCC2)c1. The second kappa shape index (κ2) is 10.5. The van der Waals surface area contributed by atoms with Crippen molar-refractivity contribution in [1.29, 1.82) is 0 Å². The first-order valence-corrected chi connectivity index (χ1v) is 12.0. The fraction of sp³-hybridized carbons (Fsp3) is 0.241. The van der Waals surface area contributed by atoms with E-state index in [9.17, 15) is 4.79 Å². The summed E-state index contributed by atoms with van der Waals surface area (Å²) < 4.78 is 11.3. The number of aromatic nitrogens is 1. The Kier molecular flexibility index (Phi) is 6.80. The van der Waals surface area contributed by atoms with E-state index in [1.54, 1.807) is 13.2 Å². The van der Waals surface area contributed by atoms with Crippen molar-refractivity contribution in [3.05, 3.63) is 102 Å². The van der Waals surface area contributed by atoms with Gasteiger partial charge in [0.2, 0.25) is 5.88 Å². The van der Waals surface area contributed by atoms with Gasteiger partial charge < -0.3 is 19.1 Å². The van der Waals surface area contributed by atoms with Gasteiger partial charge in [-0.15, -0.1) is 0 Å². The molecule has 6 nitrogen and oxygen atoms in total. The van der Waals surface area contributed by atoms with Crippen LogP contribution in [0.4, 0.5) is 5.88 Å². The summed E-state index contributed by atoms with van der Waals surface area (Å²) in [6.45, 7) is 2.71. The van der Waals surface area contributed by atoms with Crippen LogP contribution in [0.1, 0.15) is 34.3 Å². The van der Waals surface area contributed by atoms with Crippen molar-refractivity contribution in [2.75, 3.05) is 25.1 Å². The number of hydrogen-bond donors (Lipinski definition) is 0. The van der Waals surface area contributed by atoms with Crippen LogP contribution in [-0.2, 0) is 13.1 Å². The first-order chi connectivity index (χ1) is 17.2. The topological polar surface area (TPSA) is 58.8 Å². The molecule has 0 atom stereocenters. The molecule has 0 saturated carbocycles. The molecule has 5 rings (SSSR count). The summed E-state index contributed by atoms with van der Waals surface area (Å²) in [4.78, 5) is 17.9. The van der Waals surface area contributed by atoms with Gasteiger partial charge in [-0.25, -0.2) is 0 Å². The van der Waals surface area contributed by atoms with Crippen molar-refractivity contribution < 1.29 is 14.1 Å². The number of methoxy groups -OCH3 is 1. The van der Waals surface area contributed by atoms with Gasteiger partial charge >= 0.3 is 0 Å². The average Bonchev–Trinajstić information content (AvgIpc) is 3.59. The van der Waals surface area contributed by atoms with E-state index in [2.05, 4.69) is 10.1 Å². The molecule has 0 spiro atoms. The minimum atomic E-state index is -0.0691. The monoisotopic (exact) mass is 467 g/mol. The van der Waals surface area contributed by atoms with Crippen molar-refractivity contribution in [2.24, 2.45) is 0 Å². The second-order valence-corrected chi connectivity index (χ2v) is 8.75. The summed E-state index contributed by atoms with van der Waals surface area (Å²) in [5.74, 6) is 1.35. The zero-order valence-corrected chi connectivity index (χ0v) is 19.9. The number of carbonyl (C=O) groups excluding carboxylic acids is 1. The molecule has 35 heavy (non-hydrogen) atoms. The highest BCUT2D eigenvalue weighted by Gasteiger charge is 2.28. The van der Waals surface area contributed by atoms with Crippen LogP contribution in [0.25, 0.3) is 11.3 Å². The molecule has 1 fully saturated rings. The van der Waals surface area contributed by atoms with Crippen LogP contribution in [0.2, 0.25) is 0 Å². The highest BCUT2D eigenvalue weighted by molar-refractivity contribution is 5.94. The molecule has 0 N–H and O–H groups in total.